The molecule has 0 amide bonds. The minimum Gasteiger partial charge on any atom is -0.483 e. The van der Waals surface area contributed by atoms with Crippen LogP contribution in [0, 0.1) is 0 Å². The van der Waals surface area contributed by atoms with Gasteiger partial charge in [0.2, 0.25) is 0 Å². The maximum absolute atomic E-state index is 11.5. The van der Waals surface area contributed by atoms with E-state index in [0.717, 1.165) is 10.9 Å². The number of benzene rings is 1. The second-order valence-electron chi connectivity index (χ2n) is 5.36. The standard InChI is InChI=1S/C18H20N4O3S/c1-3-22-15(20-21-18(22)26-12-16(23)24-4-2)11-25-14-9-5-7-13-8-6-10-19-17(13)14/h5-10H,3-4,11-12H2,1-2H3. The van der Waals surface area contributed by atoms with Crippen molar-refractivity contribution in [3.05, 3.63) is 42.4 Å². The normalized spacial score (nSPS) is 10.8. The van der Waals surface area contributed by atoms with Gasteiger partial charge in [0.15, 0.2) is 11.0 Å². The van der Waals surface area contributed by atoms with Gasteiger partial charge in [-0.3, -0.25) is 9.78 Å². The molecule has 0 unspecified atom stereocenters. The molecule has 0 fully saturated rings. The SMILES string of the molecule is CCOC(=O)CSc1nnc(COc2cccc3cccnc23)n1CC. The number of nitrogens with zero attached hydrogens (tertiary/aromatic N) is 4. The molecule has 136 valence electrons. The van der Waals surface area contributed by atoms with E-state index in [2.05, 4.69) is 15.2 Å². The second-order valence-corrected chi connectivity index (χ2v) is 6.30. The number of carbonyl (C=O) groups excluding carboxylic acids is 1. The van der Waals surface area contributed by atoms with Gasteiger partial charge in [0.1, 0.15) is 17.9 Å². The van der Waals surface area contributed by atoms with Crippen LogP contribution in [0.15, 0.2) is 41.7 Å². The molecule has 0 spiro atoms. The highest BCUT2D eigenvalue weighted by Gasteiger charge is 2.14. The molecule has 0 bridgehead atoms. The Morgan fingerprint density at radius 1 is 1.19 bits per heavy atom. The minimum atomic E-state index is -0.261. The van der Waals surface area contributed by atoms with Gasteiger partial charge in [0.05, 0.1) is 12.4 Å². The molecule has 3 aromatic rings. The van der Waals surface area contributed by atoms with Crippen molar-refractivity contribution in [1.82, 2.24) is 19.7 Å². The number of rotatable bonds is 8. The van der Waals surface area contributed by atoms with E-state index in [-0.39, 0.29) is 18.3 Å². The molecule has 26 heavy (non-hydrogen) atoms. The van der Waals surface area contributed by atoms with Gasteiger partial charge in [-0.2, -0.15) is 0 Å². The van der Waals surface area contributed by atoms with Crippen molar-refractivity contribution in [2.75, 3.05) is 12.4 Å². The molecule has 0 saturated carbocycles. The number of thioether (sulfide) groups is 1. The van der Waals surface area contributed by atoms with Crippen LogP contribution in [0.25, 0.3) is 10.9 Å². The molecule has 0 N–H and O–H groups in total. The van der Waals surface area contributed by atoms with Crippen molar-refractivity contribution in [3.63, 3.8) is 0 Å². The number of para-hydroxylation sites is 1. The summed E-state index contributed by atoms with van der Waals surface area (Å²) in [5, 5.41) is 10.1. The summed E-state index contributed by atoms with van der Waals surface area (Å²) in [7, 11) is 0. The van der Waals surface area contributed by atoms with E-state index in [1.54, 1.807) is 13.1 Å². The monoisotopic (exact) mass is 372 g/mol. The fourth-order valence-electron chi connectivity index (χ4n) is 2.51. The van der Waals surface area contributed by atoms with E-state index in [1.165, 1.54) is 11.8 Å². The molecule has 2 heterocycles. The summed E-state index contributed by atoms with van der Waals surface area (Å²) < 4.78 is 12.8. The molecular weight excluding hydrogens is 352 g/mol. The molecule has 0 aliphatic rings. The van der Waals surface area contributed by atoms with Crippen molar-refractivity contribution in [3.8, 4) is 5.75 Å². The zero-order chi connectivity index (χ0) is 18.4. The third-order valence-corrected chi connectivity index (χ3v) is 4.63. The number of pyridine rings is 1. The number of esters is 1. The molecule has 0 saturated heterocycles. The molecule has 0 aliphatic carbocycles. The lowest BCUT2D eigenvalue weighted by molar-refractivity contribution is -0.139. The van der Waals surface area contributed by atoms with Crippen LogP contribution in [-0.4, -0.2) is 38.1 Å². The number of hydrogen-bond acceptors (Lipinski definition) is 7. The molecule has 0 aliphatic heterocycles. The topological polar surface area (TPSA) is 79.1 Å². The van der Waals surface area contributed by atoms with Gasteiger partial charge in [-0.05, 0) is 26.0 Å². The Bertz CT molecular complexity index is 892. The summed E-state index contributed by atoms with van der Waals surface area (Å²) in [6, 6.07) is 9.71. The third-order valence-electron chi connectivity index (χ3n) is 3.69. The van der Waals surface area contributed by atoms with Gasteiger partial charge in [0.25, 0.3) is 0 Å². The van der Waals surface area contributed by atoms with Crippen LogP contribution in [0.1, 0.15) is 19.7 Å². The van der Waals surface area contributed by atoms with Crippen molar-refractivity contribution in [2.24, 2.45) is 0 Å². The average molecular weight is 372 g/mol. The fraction of sp³-hybridized carbons (Fsp3) is 0.333. The average Bonchev–Trinajstić information content (AvgIpc) is 3.06. The maximum atomic E-state index is 11.5. The molecular formula is C18H20N4O3S. The first-order chi connectivity index (χ1) is 12.7. The van der Waals surface area contributed by atoms with Crippen LogP contribution in [-0.2, 0) is 22.7 Å². The Hall–Kier alpha value is -2.61. The lowest BCUT2D eigenvalue weighted by Gasteiger charge is -2.10. The van der Waals surface area contributed by atoms with Crippen molar-refractivity contribution in [2.45, 2.75) is 32.2 Å². The lowest BCUT2D eigenvalue weighted by atomic mass is 10.2. The van der Waals surface area contributed by atoms with Crippen LogP contribution in [0.5, 0.6) is 5.75 Å². The van der Waals surface area contributed by atoms with E-state index in [9.17, 15) is 4.79 Å². The summed E-state index contributed by atoms with van der Waals surface area (Å²) in [5.74, 6) is 1.35. The van der Waals surface area contributed by atoms with Gasteiger partial charge in [0, 0.05) is 18.1 Å². The zero-order valence-corrected chi connectivity index (χ0v) is 15.5. The smallest absolute Gasteiger partial charge is 0.316 e. The number of hydrogen-bond donors (Lipinski definition) is 0. The van der Waals surface area contributed by atoms with Crippen LogP contribution in [0.2, 0.25) is 0 Å². The van der Waals surface area contributed by atoms with Crippen molar-refractivity contribution in [1.29, 1.82) is 0 Å². The van der Waals surface area contributed by atoms with Crippen LogP contribution < -0.4 is 4.74 Å². The third kappa shape index (κ3) is 4.13. The molecule has 0 radical (unpaired) electrons. The first-order valence-electron chi connectivity index (χ1n) is 8.40. The highest BCUT2D eigenvalue weighted by Crippen LogP contribution is 2.24. The van der Waals surface area contributed by atoms with E-state index < -0.39 is 0 Å². The summed E-state index contributed by atoms with van der Waals surface area (Å²) in [4.78, 5) is 15.9. The Morgan fingerprint density at radius 2 is 2.04 bits per heavy atom. The lowest BCUT2D eigenvalue weighted by Crippen LogP contribution is -2.10. The molecule has 8 heteroatoms. The summed E-state index contributed by atoms with van der Waals surface area (Å²) in [6.45, 7) is 5.12. The molecule has 1 aromatic carbocycles. The predicted octanol–water partition coefficient (Wildman–Crippen LogP) is 3.08. The van der Waals surface area contributed by atoms with Gasteiger partial charge in [-0.1, -0.05) is 30.0 Å². The zero-order valence-electron chi connectivity index (χ0n) is 14.7. The highest BCUT2D eigenvalue weighted by molar-refractivity contribution is 7.99. The van der Waals surface area contributed by atoms with Gasteiger partial charge in [-0.15, -0.1) is 10.2 Å². The van der Waals surface area contributed by atoms with Gasteiger partial charge < -0.3 is 14.0 Å². The van der Waals surface area contributed by atoms with Crippen LogP contribution >= 0.6 is 11.8 Å². The highest BCUT2D eigenvalue weighted by atomic mass is 32.2. The Labute approximate surface area is 155 Å². The van der Waals surface area contributed by atoms with Crippen molar-refractivity contribution < 1.29 is 14.3 Å². The number of fused-ring (bicyclic) bond motifs is 1. The molecule has 0 atom stereocenters. The first kappa shape index (κ1) is 18.2. The summed E-state index contributed by atoms with van der Waals surface area (Å²) >= 11 is 1.31. The Morgan fingerprint density at radius 3 is 2.85 bits per heavy atom. The quantitative estimate of drug-likeness (QED) is 0.444. The number of carbonyl (C=O) groups is 1. The van der Waals surface area contributed by atoms with E-state index in [1.807, 2.05) is 41.8 Å². The first-order valence-corrected chi connectivity index (χ1v) is 9.38. The van der Waals surface area contributed by atoms with Crippen LogP contribution in [0.3, 0.4) is 0 Å². The van der Waals surface area contributed by atoms with Crippen LogP contribution in [0.4, 0.5) is 0 Å². The van der Waals surface area contributed by atoms with E-state index in [0.29, 0.717) is 29.9 Å². The number of aromatic nitrogens is 4. The minimum absolute atomic E-state index is 0.208. The Balaban J connectivity index is 1.71. The van der Waals surface area contributed by atoms with Gasteiger partial charge >= 0.3 is 5.97 Å². The summed E-state index contributed by atoms with van der Waals surface area (Å²) in [5.41, 5.74) is 0.814. The molecule has 2 aromatic heterocycles. The van der Waals surface area contributed by atoms with Crippen molar-refractivity contribution >= 4 is 28.6 Å². The number of ether oxygens (including phenoxy) is 2. The maximum Gasteiger partial charge on any atom is 0.316 e. The molecule has 3 rings (SSSR count). The fourth-order valence-corrected chi connectivity index (χ4v) is 3.33. The predicted molar refractivity (Wildman–Crippen MR) is 99.1 cm³/mol. The molecule has 7 nitrogen and oxygen atoms in total. The van der Waals surface area contributed by atoms with E-state index in [4.69, 9.17) is 9.47 Å². The Kier molecular flexibility index (Phi) is 6.06. The largest absolute Gasteiger partial charge is 0.483 e. The van der Waals surface area contributed by atoms with E-state index >= 15 is 0 Å². The second kappa shape index (κ2) is 8.66. The van der Waals surface area contributed by atoms with Gasteiger partial charge in [-0.25, -0.2) is 0 Å². The summed E-state index contributed by atoms with van der Waals surface area (Å²) in [6.07, 6.45) is 1.74.